The van der Waals surface area contributed by atoms with Crippen LogP contribution in [0.3, 0.4) is 0 Å². The van der Waals surface area contributed by atoms with E-state index in [0.29, 0.717) is 5.41 Å². The average molecular weight is 391 g/mol. The quantitative estimate of drug-likeness (QED) is 0.600. The lowest BCUT2D eigenvalue weighted by molar-refractivity contribution is -0.103. The predicted molar refractivity (Wildman–Crippen MR) is 116 cm³/mol. The maximum atomic E-state index is 10.6. The Morgan fingerprint density at radius 1 is 0.929 bits per heavy atom. The molecule has 0 aliphatic heterocycles. The largest absolute Gasteiger partial charge is 0.390 e. The third-order valence-corrected chi connectivity index (χ3v) is 10.2. The van der Waals surface area contributed by atoms with Crippen LogP contribution < -0.4 is 0 Å². The highest BCUT2D eigenvalue weighted by atomic mass is 16.3. The van der Waals surface area contributed by atoms with Crippen LogP contribution in [-0.4, -0.2) is 21.4 Å². The number of hydrogen-bond donors (Lipinski definition) is 2. The van der Waals surface area contributed by atoms with Crippen molar-refractivity contribution >= 4 is 0 Å². The van der Waals surface area contributed by atoms with Crippen LogP contribution in [0.1, 0.15) is 105 Å². The maximum Gasteiger partial charge on any atom is 0.0622 e. The zero-order valence-electron chi connectivity index (χ0n) is 19.2. The van der Waals surface area contributed by atoms with Crippen molar-refractivity contribution < 1.29 is 10.2 Å². The van der Waals surface area contributed by atoms with Crippen LogP contribution in [0, 0.1) is 46.8 Å². The highest BCUT2D eigenvalue weighted by molar-refractivity contribution is 5.07. The first kappa shape index (κ1) is 21.2. The van der Waals surface area contributed by atoms with Crippen molar-refractivity contribution in [2.75, 3.05) is 0 Å². The van der Waals surface area contributed by atoms with Crippen molar-refractivity contribution in [3.05, 3.63) is 0 Å². The molecule has 0 bridgehead atoms. The molecule has 0 aromatic heterocycles. The van der Waals surface area contributed by atoms with Gasteiger partial charge in [-0.2, -0.15) is 0 Å². The summed E-state index contributed by atoms with van der Waals surface area (Å²) in [4.78, 5) is 0. The van der Waals surface area contributed by atoms with Gasteiger partial charge in [0.1, 0.15) is 0 Å². The van der Waals surface area contributed by atoms with Crippen LogP contribution in [0.15, 0.2) is 0 Å². The molecule has 2 nitrogen and oxygen atoms in total. The second kappa shape index (κ2) is 7.26. The molecule has 162 valence electrons. The normalized spacial score (nSPS) is 49.8. The third kappa shape index (κ3) is 3.82. The molecule has 4 aliphatic carbocycles. The van der Waals surface area contributed by atoms with Gasteiger partial charge in [-0.25, -0.2) is 0 Å². The molecule has 0 spiro atoms. The highest BCUT2D eigenvalue weighted by Crippen LogP contribution is 2.65. The summed E-state index contributed by atoms with van der Waals surface area (Å²) in [6.07, 6.45) is 14.0. The molecule has 2 N–H and O–H groups in total. The van der Waals surface area contributed by atoms with Gasteiger partial charge in [0.05, 0.1) is 11.2 Å². The van der Waals surface area contributed by atoms with Gasteiger partial charge in [0, 0.05) is 0 Å². The van der Waals surface area contributed by atoms with Crippen LogP contribution in [-0.2, 0) is 0 Å². The van der Waals surface area contributed by atoms with Gasteiger partial charge < -0.3 is 10.2 Å². The Hall–Kier alpha value is -0.0800. The monoisotopic (exact) mass is 390 g/mol. The molecular formula is C26H46O2. The van der Waals surface area contributed by atoms with Crippen LogP contribution in [0.25, 0.3) is 0 Å². The molecule has 4 aliphatic rings. The first-order valence-corrected chi connectivity index (χ1v) is 12.4. The number of aliphatic hydroxyl groups is 2. The second-order valence-corrected chi connectivity index (χ2v) is 12.7. The molecule has 2 heteroatoms. The lowest BCUT2D eigenvalue weighted by Crippen LogP contribution is -2.50. The fourth-order valence-electron chi connectivity index (χ4n) is 8.84. The van der Waals surface area contributed by atoms with E-state index in [9.17, 15) is 10.2 Å². The smallest absolute Gasteiger partial charge is 0.0622 e. The summed E-state index contributed by atoms with van der Waals surface area (Å²) >= 11 is 0. The number of rotatable bonds is 4. The zero-order valence-corrected chi connectivity index (χ0v) is 19.2. The lowest BCUT2D eigenvalue weighted by Gasteiger charge is -2.57. The molecule has 28 heavy (non-hydrogen) atoms. The molecule has 4 fully saturated rings. The fraction of sp³-hybridized carbons (Fsp3) is 1.00. The molecule has 0 aromatic rings. The summed E-state index contributed by atoms with van der Waals surface area (Å²) < 4.78 is 0. The molecule has 0 amide bonds. The molecule has 4 saturated carbocycles. The summed E-state index contributed by atoms with van der Waals surface area (Å²) in [7, 11) is 0. The van der Waals surface area contributed by atoms with Crippen molar-refractivity contribution in [2.45, 2.75) is 116 Å². The fourth-order valence-corrected chi connectivity index (χ4v) is 8.84. The Labute approximate surface area is 173 Å². The maximum absolute atomic E-state index is 10.6. The standard InChI is InChI=1S/C26H46O2/c1-17(10-13-24(2,3)27)22-8-9-23-21-7-6-18-16-25(4,28)14-11-19(18)20(21)12-15-26(22,23)5/h17-23,27-28H,6-16H2,1-5H3/t17-,18+,19+,20-,21-,22-,23+,25+,26-/m1/s1. The molecule has 0 unspecified atom stereocenters. The Morgan fingerprint density at radius 3 is 2.36 bits per heavy atom. The summed E-state index contributed by atoms with van der Waals surface area (Å²) in [5.41, 5.74) is -0.385. The lowest BCUT2D eigenvalue weighted by atomic mass is 9.48. The second-order valence-electron chi connectivity index (χ2n) is 12.7. The zero-order chi connectivity index (χ0) is 20.3. The van der Waals surface area contributed by atoms with Crippen molar-refractivity contribution in [1.29, 1.82) is 0 Å². The minimum absolute atomic E-state index is 0.397. The van der Waals surface area contributed by atoms with Gasteiger partial charge in [-0.15, -0.1) is 0 Å². The van der Waals surface area contributed by atoms with E-state index in [0.717, 1.165) is 60.7 Å². The number of hydrogen-bond acceptors (Lipinski definition) is 2. The third-order valence-electron chi connectivity index (χ3n) is 10.2. The Morgan fingerprint density at radius 2 is 1.64 bits per heavy atom. The SMILES string of the molecule is C[C@H](CCC(C)(C)O)[C@H]1CC[C@H]2[C@@H]3CC[C@H]4C[C@@](C)(O)CC[C@@H]4[C@H]3CC[C@]12C. The Bertz CT molecular complexity index is 561. The van der Waals surface area contributed by atoms with Gasteiger partial charge in [0.25, 0.3) is 0 Å². The van der Waals surface area contributed by atoms with E-state index in [4.69, 9.17) is 0 Å². The van der Waals surface area contributed by atoms with E-state index in [1.165, 1.54) is 51.4 Å². The van der Waals surface area contributed by atoms with E-state index >= 15 is 0 Å². The molecule has 4 rings (SSSR count). The van der Waals surface area contributed by atoms with Crippen molar-refractivity contribution in [1.82, 2.24) is 0 Å². The topological polar surface area (TPSA) is 40.5 Å². The van der Waals surface area contributed by atoms with E-state index in [2.05, 4.69) is 20.8 Å². The first-order chi connectivity index (χ1) is 13.0. The average Bonchev–Trinajstić information content (AvgIpc) is 2.95. The van der Waals surface area contributed by atoms with E-state index in [1.54, 1.807) is 0 Å². The van der Waals surface area contributed by atoms with Crippen LogP contribution in [0.2, 0.25) is 0 Å². The van der Waals surface area contributed by atoms with Crippen LogP contribution in [0.5, 0.6) is 0 Å². The Balaban J connectivity index is 1.45. The summed E-state index contributed by atoms with van der Waals surface area (Å²) in [6, 6.07) is 0. The molecule has 0 heterocycles. The molecular weight excluding hydrogens is 344 g/mol. The van der Waals surface area contributed by atoms with Crippen LogP contribution in [0.4, 0.5) is 0 Å². The van der Waals surface area contributed by atoms with Gasteiger partial charge in [0.2, 0.25) is 0 Å². The number of fused-ring (bicyclic) bond motifs is 5. The van der Waals surface area contributed by atoms with E-state index in [-0.39, 0.29) is 0 Å². The van der Waals surface area contributed by atoms with E-state index < -0.39 is 11.2 Å². The summed E-state index contributed by atoms with van der Waals surface area (Å²) in [5.74, 6) is 6.11. The minimum Gasteiger partial charge on any atom is -0.390 e. The van der Waals surface area contributed by atoms with Crippen LogP contribution >= 0.6 is 0 Å². The molecule has 0 radical (unpaired) electrons. The molecule has 0 aromatic carbocycles. The summed E-state index contributed by atoms with van der Waals surface area (Å²) in [6.45, 7) is 11.1. The summed E-state index contributed by atoms with van der Waals surface area (Å²) in [5, 5.41) is 20.8. The molecule has 0 saturated heterocycles. The minimum atomic E-state index is -0.522. The van der Waals surface area contributed by atoms with Gasteiger partial charge in [-0.3, -0.25) is 0 Å². The van der Waals surface area contributed by atoms with Crippen molar-refractivity contribution in [3.8, 4) is 0 Å². The van der Waals surface area contributed by atoms with Crippen molar-refractivity contribution in [3.63, 3.8) is 0 Å². The highest BCUT2D eigenvalue weighted by Gasteiger charge is 2.58. The van der Waals surface area contributed by atoms with E-state index in [1.807, 2.05) is 13.8 Å². The van der Waals surface area contributed by atoms with Gasteiger partial charge in [-0.05, 0) is 138 Å². The van der Waals surface area contributed by atoms with Crippen molar-refractivity contribution in [2.24, 2.45) is 46.8 Å². The predicted octanol–water partition coefficient (Wildman–Crippen LogP) is 6.19. The molecule has 9 atom stereocenters. The van der Waals surface area contributed by atoms with Gasteiger partial charge in [-0.1, -0.05) is 13.8 Å². The van der Waals surface area contributed by atoms with Gasteiger partial charge >= 0.3 is 0 Å². The Kier molecular flexibility index (Phi) is 5.49. The van der Waals surface area contributed by atoms with Gasteiger partial charge in [0.15, 0.2) is 0 Å². The first-order valence-electron chi connectivity index (χ1n) is 12.4.